The molecular weight excluding hydrogens is 372 g/mol. The van der Waals surface area contributed by atoms with E-state index in [0.29, 0.717) is 11.5 Å². The molecule has 1 unspecified atom stereocenters. The molecule has 0 fully saturated rings. The molecule has 2 aromatic rings. The molecule has 1 aromatic carbocycles. The van der Waals surface area contributed by atoms with Gasteiger partial charge in [-0.1, -0.05) is 58.4 Å². The fourth-order valence-electron chi connectivity index (χ4n) is 3.72. The average Bonchev–Trinajstić information content (AvgIpc) is 3.02. The first-order valence-electron chi connectivity index (χ1n) is 9.95. The van der Waals surface area contributed by atoms with Crippen molar-refractivity contribution in [2.24, 2.45) is 5.41 Å². The molecule has 1 atom stereocenters. The summed E-state index contributed by atoms with van der Waals surface area (Å²) in [6.45, 7) is 8.73. The fourth-order valence-corrected chi connectivity index (χ4v) is 3.90. The molecule has 0 saturated carbocycles. The van der Waals surface area contributed by atoms with Crippen molar-refractivity contribution in [3.63, 3.8) is 0 Å². The summed E-state index contributed by atoms with van der Waals surface area (Å²) in [5.74, 6) is 0.376. The van der Waals surface area contributed by atoms with Gasteiger partial charge in [0.15, 0.2) is 0 Å². The molecule has 1 aliphatic rings. The van der Waals surface area contributed by atoms with Crippen LogP contribution in [0.1, 0.15) is 62.2 Å². The Hall–Kier alpha value is -2.14. The summed E-state index contributed by atoms with van der Waals surface area (Å²) >= 11 is 6.12. The quantitative estimate of drug-likeness (QED) is 0.692. The largest absolute Gasteiger partial charge is 0.367 e. The number of aromatic nitrogens is 2. The molecule has 0 aliphatic heterocycles. The van der Waals surface area contributed by atoms with Gasteiger partial charge >= 0.3 is 0 Å². The van der Waals surface area contributed by atoms with E-state index in [-0.39, 0.29) is 28.7 Å². The molecular formula is C22H29ClN4O. The SMILES string of the molecule is CCCC(Nc1cc(C(=O)NC2Cc3ccccc3C2)nc(Cl)n1)C(C)(C)C. The minimum Gasteiger partial charge on any atom is -0.367 e. The number of nitrogens with zero attached hydrogens (tertiary/aromatic N) is 2. The smallest absolute Gasteiger partial charge is 0.270 e. The minimum absolute atomic E-state index is 0.0610. The monoisotopic (exact) mass is 400 g/mol. The number of carbonyl (C=O) groups excluding carboxylic acids is 1. The van der Waals surface area contributed by atoms with Crippen LogP contribution in [0.4, 0.5) is 5.82 Å². The zero-order chi connectivity index (χ0) is 20.3. The molecule has 3 rings (SSSR count). The lowest BCUT2D eigenvalue weighted by molar-refractivity contribution is 0.0933. The van der Waals surface area contributed by atoms with Crippen LogP contribution in [0.15, 0.2) is 30.3 Å². The van der Waals surface area contributed by atoms with E-state index < -0.39 is 0 Å². The Labute approximate surface area is 172 Å². The van der Waals surface area contributed by atoms with E-state index in [1.807, 2.05) is 12.1 Å². The Morgan fingerprint density at radius 3 is 2.43 bits per heavy atom. The van der Waals surface area contributed by atoms with Crippen LogP contribution in [0, 0.1) is 5.41 Å². The Bertz CT molecular complexity index is 822. The van der Waals surface area contributed by atoms with Gasteiger partial charge in [-0.3, -0.25) is 4.79 Å². The molecule has 0 saturated heterocycles. The first-order chi connectivity index (χ1) is 13.3. The highest BCUT2D eigenvalue weighted by molar-refractivity contribution is 6.28. The maximum atomic E-state index is 12.8. The van der Waals surface area contributed by atoms with Gasteiger partial charge in [0.2, 0.25) is 5.28 Å². The number of carbonyl (C=O) groups is 1. The zero-order valence-corrected chi connectivity index (χ0v) is 17.8. The first-order valence-corrected chi connectivity index (χ1v) is 10.3. The van der Waals surface area contributed by atoms with Crippen LogP contribution in [-0.4, -0.2) is 28.0 Å². The molecule has 0 bridgehead atoms. The highest BCUT2D eigenvalue weighted by Crippen LogP contribution is 2.27. The van der Waals surface area contributed by atoms with Gasteiger partial charge < -0.3 is 10.6 Å². The van der Waals surface area contributed by atoms with Crippen molar-refractivity contribution >= 4 is 23.3 Å². The van der Waals surface area contributed by atoms with E-state index >= 15 is 0 Å². The van der Waals surface area contributed by atoms with Crippen molar-refractivity contribution in [2.45, 2.75) is 65.5 Å². The molecule has 1 heterocycles. The lowest BCUT2D eigenvalue weighted by atomic mass is 9.84. The van der Waals surface area contributed by atoms with Crippen molar-refractivity contribution in [1.82, 2.24) is 15.3 Å². The second-order valence-corrected chi connectivity index (χ2v) is 8.94. The molecule has 6 heteroatoms. The van der Waals surface area contributed by atoms with Crippen LogP contribution >= 0.6 is 11.6 Å². The summed E-state index contributed by atoms with van der Waals surface area (Å²) in [6.07, 6.45) is 3.75. The van der Waals surface area contributed by atoms with Gasteiger partial charge in [-0.2, -0.15) is 0 Å². The van der Waals surface area contributed by atoms with Gasteiger partial charge in [0, 0.05) is 18.2 Å². The average molecular weight is 401 g/mol. The molecule has 150 valence electrons. The third kappa shape index (κ3) is 5.02. The van der Waals surface area contributed by atoms with Crippen LogP contribution in [-0.2, 0) is 12.8 Å². The summed E-state index contributed by atoms with van der Waals surface area (Å²) in [5.41, 5.74) is 2.94. The second kappa shape index (κ2) is 8.48. The summed E-state index contributed by atoms with van der Waals surface area (Å²) in [6, 6.07) is 10.3. The first kappa shape index (κ1) is 20.6. The number of halogens is 1. The summed E-state index contributed by atoms with van der Waals surface area (Å²) in [7, 11) is 0. The highest BCUT2D eigenvalue weighted by Gasteiger charge is 2.26. The Morgan fingerprint density at radius 2 is 1.86 bits per heavy atom. The van der Waals surface area contributed by atoms with Gasteiger partial charge in [0.25, 0.3) is 5.91 Å². The van der Waals surface area contributed by atoms with E-state index in [2.05, 4.69) is 60.4 Å². The number of rotatable bonds is 6. The Balaban J connectivity index is 1.71. The lowest BCUT2D eigenvalue weighted by Crippen LogP contribution is -2.36. The predicted molar refractivity (Wildman–Crippen MR) is 114 cm³/mol. The number of anilines is 1. The van der Waals surface area contributed by atoms with Crippen LogP contribution in [0.5, 0.6) is 0 Å². The predicted octanol–water partition coefficient (Wildman–Crippen LogP) is 4.65. The van der Waals surface area contributed by atoms with Crippen molar-refractivity contribution in [2.75, 3.05) is 5.32 Å². The van der Waals surface area contributed by atoms with Crippen molar-refractivity contribution in [3.05, 3.63) is 52.4 Å². The summed E-state index contributed by atoms with van der Waals surface area (Å²) in [5, 5.41) is 6.62. The second-order valence-electron chi connectivity index (χ2n) is 8.61. The van der Waals surface area contributed by atoms with E-state index in [1.165, 1.54) is 11.1 Å². The van der Waals surface area contributed by atoms with Crippen LogP contribution in [0.2, 0.25) is 5.28 Å². The number of benzene rings is 1. The van der Waals surface area contributed by atoms with Gasteiger partial charge in [-0.05, 0) is 47.4 Å². The Kier molecular flexibility index (Phi) is 6.23. The maximum absolute atomic E-state index is 12.8. The van der Waals surface area contributed by atoms with Crippen molar-refractivity contribution in [1.29, 1.82) is 0 Å². The van der Waals surface area contributed by atoms with Gasteiger partial charge in [-0.15, -0.1) is 0 Å². The minimum atomic E-state index is -0.215. The molecule has 2 N–H and O–H groups in total. The van der Waals surface area contributed by atoms with Crippen molar-refractivity contribution < 1.29 is 4.79 Å². The third-order valence-electron chi connectivity index (χ3n) is 5.26. The number of nitrogens with one attached hydrogen (secondary N) is 2. The van der Waals surface area contributed by atoms with E-state index in [0.717, 1.165) is 25.7 Å². The molecule has 28 heavy (non-hydrogen) atoms. The van der Waals surface area contributed by atoms with Gasteiger partial charge in [-0.25, -0.2) is 9.97 Å². The Morgan fingerprint density at radius 1 is 1.21 bits per heavy atom. The zero-order valence-electron chi connectivity index (χ0n) is 17.1. The number of hydrogen-bond acceptors (Lipinski definition) is 4. The number of amides is 1. The third-order valence-corrected chi connectivity index (χ3v) is 5.43. The lowest BCUT2D eigenvalue weighted by Gasteiger charge is -2.32. The van der Waals surface area contributed by atoms with Gasteiger partial charge in [0.1, 0.15) is 11.5 Å². The van der Waals surface area contributed by atoms with Crippen LogP contribution in [0.3, 0.4) is 0 Å². The highest BCUT2D eigenvalue weighted by atomic mass is 35.5. The van der Waals surface area contributed by atoms with E-state index in [9.17, 15) is 4.79 Å². The van der Waals surface area contributed by atoms with E-state index in [4.69, 9.17) is 11.6 Å². The van der Waals surface area contributed by atoms with Crippen molar-refractivity contribution in [3.8, 4) is 0 Å². The molecule has 0 spiro atoms. The summed E-state index contributed by atoms with van der Waals surface area (Å²) in [4.78, 5) is 21.2. The van der Waals surface area contributed by atoms with E-state index in [1.54, 1.807) is 6.07 Å². The molecule has 1 amide bonds. The number of hydrogen-bond donors (Lipinski definition) is 2. The van der Waals surface area contributed by atoms with Crippen LogP contribution < -0.4 is 10.6 Å². The van der Waals surface area contributed by atoms with Gasteiger partial charge in [0.05, 0.1) is 0 Å². The molecule has 1 aromatic heterocycles. The fraction of sp³-hybridized carbons (Fsp3) is 0.500. The maximum Gasteiger partial charge on any atom is 0.270 e. The molecule has 5 nitrogen and oxygen atoms in total. The standard InChI is InChI=1S/C22H29ClN4O/c1-5-8-18(22(2,3)4)26-19-13-17(25-21(23)27-19)20(28)24-16-11-14-9-6-7-10-15(14)12-16/h6-7,9-10,13,16,18H,5,8,11-12H2,1-4H3,(H,24,28)(H,25,26,27). The molecule has 0 radical (unpaired) electrons. The topological polar surface area (TPSA) is 66.9 Å². The van der Waals surface area contributed by atoms with Crippen LogP contribution in [0.25, 0.3) is 0 Å². The normalized spacial score (nSPS) is 15.2. The summed E-state index contributed by atoms with van der Waals surface area (Å²) < 4.78 is 0. The molecule has 1 aliphatic carbocycles. The number of fused-ring (bicyclic) bond motifs is 1.